The molecule has 0 aliphatic heterocycles. The van der Waals surface area contributed by atoms with Crippen molar-refractivity contribution in [2.24, 2.45) is 10.7 Å². The maximum absolute atomic E-state index is 5.87. The maximum atomic E-state index is 5.87. The summed E-state index contributed by atoms with van der Waals surface area (Å²) in [6.07, 6.45) is 2.66. The standard InChI is InChI=1S/C15H20N4OS/c1-2-20-14-12(5-3-8-17-14)11-19-15(16)18-9-7-13-6-4-10-21-13/h3-6,8,10H,2,7,9,11H2,1H3,(H3,16,18,19). The Balaban J connectivity index is 1.82. The van der Waals surface area contributed by atoms with Crippen molar-refractivity contribution in [2.45, 2.75) is 19.9 Å². The van der Waals surface area contributed by atoms with Crippen molar-refractivity contribution in [1.29, 1.82) is 0 Å². The Morgan fingerprint density at radius 2 is 2.33 bits per heavy atom. The summed E-state index contributed by atoms with van der Waals surface area (Å²) in [6.45, 7) is 3.76. The minimum absolute atomic E-state index is 0.442. The molecule has 0 bridgehead atoms. The average molecular weight is 304 g/mol. The fourth-order valence-corrected chi connectivity index (χ4v) is 2.51. The van der Waals surface area contributed by atoms with Crippen LogP contribution in [0.5, 0.6) is 5.88 Å². The molecule has 0 aliphatic rings. The van der Waals surface area contributed by atoms with Gasteiger partial charge < -0.3 is 15.8 Å². The number of hydrogen-bond donors (Lipinski definition) is 2. The highest BCUT2D eigenvalue weighted by Gasteiger charge is 2.03. The minimum atomic E-state index is 0.442. The van der Waals surface area contributed by atoms with E-state index < -0.39 is 0 Å². The highest BCUT2D eigenvalue weighted by molar-refractivity contribution is 7.09. The predicted octanol–water partition coefficient (Wildman–Crippen LogP) is 2.19. The quantitative estimate of drug-likeness (QED) is 0.607. The Bertz CT molecular complexity index is 569. The number of thiophene rings is 1. The number of nitrogens with zero attached hydrogens (tertiary/aromatic N) is 2. The Hall–Kier alpha value is -2.08. The third kappa shape index (κ3) is 5.07. The summed E-state index contributed by atoms with van der Waals surface area (Å²) >= 11 is 1.75. The normalized spacial score (nSPS) is 11.4. The van der Waals surface area contributed by atoms with Crippen molar-refractivity contribution in [1.82, 2.24) is 10.3 Å². The summed E-state index contributed by atoms with van der Waals surface area (Å²) in [6, 6.07) is 7.98. The fourth-order valence-electron chi connectivity index (χ4n) is 1.81. The second-order valence-electron chi connectivity index (χ2n) is 4.36. The van der Waals surface area contributed by atoms with Gasteiger partial charge in [0.1, 0.15) is 0 Å². The molecule has 0 unspecified atom stereocenters. The average Bonchev–Trinajstić information content (AvgIpc) is 3.00. The lowest BCUT2D eigenvalue weighted by atomic mass is 10.3. The molecule has 0 radical (unpaired) electrons. The van der Waals surface area contributed by atoms with E-state index in [-0.39, 0.29) is 0 Å². The first-order valence-electron chi connectivity index (χ1n) is 6.92. The van der Waals surface area contributed by atoms with Gasteiger partial charge in [0.15, 0.2) is 5.96 Å². The van der Waals surface area contributed by atoms with Crippen molar-refractivity contribution in [3.8, 4) is 5.88 Å². The number of hydrogen-bond acceptors (Lipinski definition) is 4. The number of guanidine groups is 1. The Morgan fingerprint density at radius 3 is 3.10 bits per heavy atom. The molecule has 2 heterocycles. The van der Waals surface area contributed by atoms with E-state index in [0.717, 1.165) is 18.5 Å². The van der Waals surface area contributed by atoms with Crippen LogP contribution in [0.4, 0.5) is 0 Å². The van der Waals surface area contributed by atoms with E-state index >= 15 is 0 Å². The molecule has 2 aromatic heterocycles. The molecule has 6 heteroatoms. The van der Waals surface area contributed by atoms with Gasteiger partial charge in [0.25, 0.3) is 0 Å². The van der Waals surface area contributed by atoms with Gasteiger partial charge in [0.05, 0.1) is 13.2 Å². The van der Waals surface area contributed by atoms with Crippen molar-refractivity contribution in [2.75, 3.05) is 13.2 Å². The van der Waals surface area contributed by atoms with Crippen LogP contribution in [0.3, 0.4) is 0 Å². The van der Waals surface area contributed by atoms with E-state index in [9.17, 15) is 0 Å². The first kappa shape index (κ1) is 15.3. The Morgan fingerprint density at radius 1 is 1.43 bits per heavy atom. The molecular weight excluding hydrogens is 284 g/mol. The van der Waals surface area contributed by atoms with E-state index in [1.54, 1.807) is 17.5 Å². The molecule has 0 spiro atoms. The van der Waals surface area contributed by atoms with Gasteiger partial charge in [0.2, 0.25) is 5.88 Å². The maximum Gasteiger partial charge on any atom is 0.218 e. The number of ether oxygens (including phenoxy) is 1. The van der Waals surface area contributed by atoms with Crippen LogP contribution in [0.15, 0.2) is 40.8 Å². The summed E-state index contributed by atoms with van der Waals surface area (Å²) in [5.74, 6) is 1.06. The van der Waals surface area contributed by atoms with Crippen LogP contribution in [0.1, 0.15) is 17.4 Å². The molecule has 0 aromatic carbocycles. The molecule has 112 valence electrons. The van der Waals surface area contributed by atoms with Gasteiger partial charge in [0, 0.05) is 23.2 Å². The number of aliphatic imine (C=N–C) groups is 1. The molecule has 0 atom stereocenters. The lowest BCUT2D eigenvalue weighted by Crippen LogP contribution is -2.33. The predicted molar refractivity (Wildman–Crippen MR) is 86.8 cm³/mol. The second kappa shape index (κ2) is 8.26. The fraction of sp³-hybridized carbons (Fsp3) is 0.333. The largest absolute Gasteiger partial charge is 0.478 e. The van der Waals surface area contributed by atoms with Crippen LogP contribution in [0.25, 0.3) is 0 Å². The lowest BCUT2D eigenvalue weighted by Gasteiger charge is -2.08. The van der Waals surface area contributed by atoms with E-state index in [4.69, 9.17) is 10.5 Å². The number of nitrogens with one attached hydrogen (secondary N) is 1. The number of rotatable bonds is 7. The zero-order valence-corrected chi connectivity index (χ0v) is 12.9. The van der Waals surface area contributed by atoms with Gasteiger partial charge >= 0.3 is 0 Å². The zero-order chi connectivity index (χ0) is 14.9. The Kier molecular flexibility index (Phi) is 6.02. The molecule has 3 N–H and O–H groups in total. The molecule has 0 saturated carbocycles. The third-order valence-corrected chi connectivity index (χ3v) is 3.74. The number of pyridine rings is 1. The topological polar surface area (TPSA) is 72.5 Å². The van der Waals surface area contributed by atoms with Crippen LogP contribution in [0.2, 0.25) is 0 Å². The molecular formula is C15H20N4OS. The molecule has 5 nitrogen and oxygen atoms in total. The molecule has 0 saturated heterocycles. The van der Waals surface area contributed by atoms with Crippen LogP contribution < -0.4 is 15.8 Å². The van der Waals surface area contributed by atoms with Crippen molar-refractivity contribution in [3.63, 3.8) is 0 Å². The van der Waals surface area contributed by atoms with Gasteiger partial charge in [-0.2, -0.15) is 0 Å². The summed E-state index contributed by atoms with van der Waals surface area (Å²) < 4.78 is 5.46. The van der Waals surface area contributed by atoms with E-state index in [2.05, 4.69) is 32.8 Å². The molecule has 21 heavy (non-hydrogen) atoms. The molecule has 0 fully saturated rings. The Labute approximate surface area is 128 Å². The SMILES string of the molecule is CCOc1ncccc1CN=C(N)NCCc1cccs1. The van der Waals surface area contributed by atoms with Gasteiger partial charge in [-0.25, -0.2) is 9.98 Å². The molecule has 2 aromatic rings. The van der Waals surface area contributed by atoms with Crippen molar-refractivity contribution < 1.29 is 4.74 Å². The third-order valence-electron chi connectivity index (χ3n) is 2.81. The molecule has 0 amide bonds. The first-order valence-corrected chi connectivity index (χ1v) is 7.80. The van der Waals surface area contributed by atoms with Crippen LogP contribution in [-0.4, -0.2) is 24.1 Å². The minimum Gasteiger partial charge on any atom is -0.478 e. The van der Waals surface area contributed by atoms with E-state index in [1.165, 1.54) is 4.88 Å². The monoisotopic (exact) mass is 304 g/mol. The molecule has 0 aliphatic carbocycles. The van der Waals surface area contributed by atoms with Crippen LogP contribution in [0, 0.1) is 0 Å². The molecule has 2 rings (SSSR count). The highest BCUT2D eigenvalue weighted by Crippen LogP contribution is 2.15. The summed E-state index contributed by atoms with van der Waals surface area (Å²) in [5.41, 5.74) is 6.80. The summed E-state index contributed by atoms with van der Waals surface area (Å²) in [5, 5.41) is 5.19. The van der Waals surface area contributed by atoms with Gasteiger partial charge in [-0.3, -0.25) is 0 Å². The van der Waals surface area contributed by atoms with Gasteiger partial charge in [-0.05, 0) is 30.9 Å². The van der Waals surface area contributed by atoms with Crippen molar-refractivity contribution in [3.05, 3.63) is 46.3 Å². The van der Waals surface area contributed by atoms with E-state index in [1.807, 2.05) is 19.1 Å². The summed E-state index contributed by atoms with van der Waals surface area (Å²) in [7, 11) is 0. The lowest BCUT2D eigenvalue weighted by molar-refractivity contribution is 0.323. The number of nitrogens with two attached hydrogens (primary N) is 1. The number of aromatic nitrogens is 1. The summed E-state index contributed by atoms with van der Waals surface area (Å²) in [4.78, 5) is 9.85. The van der Waals surface area contributed by atoms with Gasteiger partial charge in [-0.1, -0.05) is 12.1 Å². The second-order valence-corrected chi connectivity index (χ2v) is 5.39. The van der Waals surface area contributed by atoms with E-state index in [0.29, 0.717) is 25.0 Å². The highest BCUT2D eigenvalue weighted by atomic mass is 32.1. The van der Waals surface area contributed by atoms with Crippen LogP contribution >= 0.6 is 11.3 Å². The first-order chi connectivity index (χ1) is 10.3. The van der Waals surface area contributed by atoms with Crippen molar-refractivity contribution >= 4 is 17.3 Å². The zero-order valence-electron chi connectivity index (χ0n) is 12.1. The smallest absolute Gasteiger partial charge is 0.218 e. The van der Waals surface area contributed by atoms with Gasteiger partial charge in [-0.15, -0.1) is 11.3 Å². The van der Waals surface area contributed by atoms with Crippen LogP contribution in [-0.2, 0) is 13.0 Å².